The Morgan fingerprint density at radius 2 is 1.72 bits per heavy atom. The SMILES string of the molecule is FC(F)(F)c1cc(Cn2c([C@@H]3CCCN3)nc3cccnc32)cc(C(F)(F)F)c1. The Hall–Kier alpha value is -2.62. The molecule has 0 saturated carbocycles. The monoisotopic (exact) mass is 414 g/mol. The highest BCUT2D eigenvalue weighted by molar-refractivity contribution is 5.71. The number of imidazole rings is 1. The Morgan fingerprint density at radius 1 is 1.03 bits per heavy atom. The van der Waals surface area contributed by atoms with Gasteiger partial charge in [0.1, 0.15) is 11.3 Å². The van der Waals surface area contributed by atoms with E-state index < -0.39 is 23.5 Å². The molecular weight excluding hydrogens is 398 g/mol. The Kier molecular flexibility index (Phi) is 4.76. The van der Waals surface area contributed by atoms with Crippen molar-refractivity contribution in [2.24, 2.45) is 0 Å². The minimum Gasteiger partial charge on any atom is -0.307 e. The molecule has 0 spiro atoms. The topological polar surface area (TPSA) is 42.7 Å². The summed E-state index contributed by atoms with van der Waals surface area (Å²) in [5.74, 6) is 0.558. The van der Waals surface area contributed by atoms with Gasteiger partial charge in [0.05, 0.1) is 23.7 Å². The normalized spacial score (nSPS) is 17.9. The number of halogens is 6. The van der Waals surface area contributed by atoms with Crippen molar-refractivity contribution in [1.82, 2.24) is 19.9 Å². The molecular formula is C19H16F6N4. The van der Waals surface area contributed by atoms with Crippen LogP contribution in [0.4, 0.5) is 26.3 Å². The van der Waals surface area contributed by atoms with E-state index >= 15 is 0 Å². The van der Waals surface area contributed by atoms with Crippen molar-refractivity contribution in [1.29, 1.82) is 0 Å². The zero-order valence-corrected chi connectivity index (χ0v) is 15.0. The van der Waals surface area contributed by atoms with E-state index in [9.17, 15) is 26.3 Å². The summed E-state index contributed by atoms with van der Waals surface area (Å²) in [6.07, 6.45) is -6.58. The molecule has 0 aliphatic carbocycles. The van der Waals surface area contributed by atoms with Gasteiger partial charge < -0.3 is 9.88 Å². The third-order valence-corrected chi connectivity index (χ3v) is 4.89. The van der Waals surface area contributed by atoms with E-state index in [4.69, 9.17) is 0 Å². The molecule has 1 aromatic carbocycles. The van der Waals surface area contributed by atoms with Gasteiger partial charge in [0, 0.05) is 6.20 Å². The number of rotatable bonds is 3. The van der Waals surface area contributed by atoms with E-state index in [0.29, 0.717) is 17.0 Å². The lowest BCUT2D eigenvalue weighted by Gasteiger charge is -2.17. The molecule has 4 nitrogen and oxygen atoms in total. The molecule has 0 radical (unpaired) electrons. The summed E-state index contributed by atoms with van der Waals surface area (Å²) >= 11 is 0. The van der Waals surface area contributed by atoms with E-state index in [-0.39, 0.29) is 24.2 Å². The lowest BCUT2D eigenvalue weighted by molar-refractivity contribution is -0.143. The van der Waals surface area contributed by atoms with Gasteiger partial charge in [-0.1, -0.05) is 0 Å². The van der Waals surface area contributed by atoms with Gasteiger partial charge in [0.15, 0.2) is 5.65 Å². The van der Waals surface area contributed by atoms with Crippen molar-refractivity contribution in [2.45, 2.75) is 37.8 Å². The van der Waals surface area contributed by atoms with Crippen molar-refractivity contribution in [2.75, 3.05) is 6.54 Å². The fourth-order valence-electron chi connectivity index (χ4n) is 3.60. The molecule has 1 aliphatic heterocycles. The second kappa shape index (κ2) is 7.01. The fraction of sp³-hybridized carbons (Fsp3) is 0.368. The largest absolute Gasteiger partial charge is 0.416 e. The molecule has 1 saturated heterocycles. The van der Waals surface area contributed by atoms with Gasteiger partial charge in [-0.3, -0.25) is 0 Å². The van der Waals surface area contributed by atoms with Crippen molar-refractivity contribution < 1.29 is 26.3 Å². The second-order valence-corrected chi connectivity index (χ2v) is 6.97. The highest BCUT2D eigenvalue weighted by atomic mass is 19.4. The van der Waals surface area contributed by atoms with Crippen LogP contribution in [0.2, 0.25) is 0 Å². The first-order valence-electron chi connectivity index (χ1n) is 8.96. The van der Waals surface area contributed by atoms with Crippen LogP contribution in [0.15, 0.2) is 36.5 Å². The third kappa shape index (κ3) is 3.93. The van der Waals surface area contributed by atoms with Crippen LogP contribution in [-0.4, -0.2) is 21.1 Å². The number of nitrogens with zero attached hydrogens (tertiary/aromatic N) is 3. The molecule has 2 aromatic heterocycles. The molecule has 0 bridgehead atoms. The summed E-state index contributed by atoms with van der Waals surface area (Å²) in [5, 5.41) is 3.26. The summed E-state index contributed by atoms with van der Waals surface area (Å²) in [5.41, 5.74) is -1.82. The quantitative estimate of drug-likeness (QED) is 0.618. The zero-order chi connectivity index (χ0) is 20.8. The Balaban J connectivity index is 1.83. The third-order valence-electron chi connectivity index (χ3n) is 4.89. The predicted molar refractivity (Wildman–Crippen MR) is 93.1 cm³/mol. The van der Waals surface area contributed by atoms with Crippen LogP contribution >= 0.6 is 0 Å². The van der Waals surface area contributed by atoms with Crippen LogP contribution < -0.4 is 5.32 Å². The smallest absolute Gasteiger partial charge is 0.307 e. The first kappa shape index (κ1) is 19.7. The second-order valence-electron chi connectivity index (χ2n) is 6.97. The lowest BCUT2D eigenvalue weighted by atomic mass is 10.0. The van der Waals surface area contributed by atoms with Crippen LogP contribution in [0.3, 0.4) is 0 Å². The Bertz CT molecular complexity index is 999. The molecule has 3 heterocycles. The summed E-state index contributed by atoms with van der Waals surface area (Å²) in [7, 11) is 0. The maximum Gasteiger partial charge on any atom is 0.416 e. The number of pyridine rings is 1. The summed E-state index contributed by atoms with van der Waals surface area (Å²) in [6.45, 7) is 0.567. The van der Waals surface area contributed by atoms with Crippen molar-refractivity contribution >= 4 is 11.2 Å². The number of nitrogens with one attached hydrogen (secondary N) is 1. The maximum atomic E-state index is 13.2. The summed E-state index contributed by atoms with van der Waals surface area (Å²) in [4.78, 5) is 8.77. The van der Waals surface area contributed by atoms with Crippen LogP contribution in [0.25, 0.3) is 11.2 Å². The zero-order valence-electron chi connectivity index (χ0n) is 15.0. The molecule has 0 amide bonds. The first-order valence-corrected chi connectivity index (χ1v) is 8.96. The summed E-state index contributed by atoms with van der Waals surface area (Å²) < 4.78 is 80.7. The lowest BCUT2D eigenvalue weighted by Crippen LogP contribution is -2.19. The van der Waals surface area contributed by atoms with Gasteiger partial charge in [-0.25, -0.2) is 9.97 Å². The Labute approximate surface area is 161 Å². The fourth-order valence-corrected chi connectivity index (χ4v) is 3.60. The standard InChI is InChI=1S/C19H16F6N4/c20-18(21,22)12-7-11(8-13(9-12)19(23,24)25)10-29-16-15(4-2-6-27-16)28-17(29)14-3-1-5-26-14/h2,4,6-9,14,26H,1,3,5,10H2/t14-/m0/s1. The number of hydrogen-bond donors (Lipinski definition) is 1. The van der Waals surface area contributed by atoms with Gasteiger partial charge in [0.25, 0.3) is 0 Å². The molecule has 10 heteroatoms. The molecule has 154 valence electrons. The molecule has 1 aliphatic rings. The van der Waals surface area contributed by atoms with Crippen LogP contribution in [-0.2, 0) is 18.9 Å². The van der Waals surface area contributed by atoms with Gasteiger partial charge >= 0.3 is 12.4 Å². The average molecular weight is 414 g/mol. The number of benzene rings is 1. The predicted octanol–water partition coefficient (Wildman–Crippen LogP) is 4.94. The molecule has 1 fully saturated rings. The van der Waals surface area contributed by atoms with Gasteiger partial charge in [0.2, 0.25) is 0 Å². The molecule has 1 atom stereocenters. The number of aromatic nitrogens is 3. The van der Waals surface area contributed by atoms with E-state index in [1.165, 1.54) is 6.20 Å². The first-order chi connectivity index (χ1) is 13.6. The van der Waals surface area contributed by atoms with Crippen LogP contribution in [0, 0.1) is 0 Å². The molecule has 3 aromatic rings. The van der Waals surface area contributed by atoms with Crippen molar-refractivity contribution in [3.63, 3.8) is 0 Å². The number of fused-ring (bicyclic) bond motifs is 1. The van der Waals surface area contributed by atoms with Crippen LogP contribution in [0.1, 0.15) is 41.4 Å². The van der Waals surface area contributed by atoms with Gasteiger partial charge in [-0.2, -0.15) is 26.3 Å². The van der Waals surface area contributed by atoms with E-state index in [1.807, 2.05) is 0 Å². The van der Waals surface area contributed by atoms with Crippen molar-refractivity contribution in [3.8, 4) is 0 Å². The molecule has 29 heavy (non-hydrogen) atoms. The highest BCUT2D eigenvalue weighted by Gasteiger charge is 2.37. The van der Waals surface area contributed by atoms with Crippen molar-refractivity contribution in [3.05, 3.63) is 59.0 Å². The van der Waals surface area contributed by atoms with E-state index in [0.717, 1.165) is 31.5 Å². The Morgan fingerprint density at radius 3 is 2.31 bits per heavy atom. The summed E-state index contributed by atoms with van der Waals surface area (Å²) in [6, 6.07) is 4.89. The molecule has 1 N–H and O–H groups in total. The molecule has 0 unspecified atom stereocenters. The number of alkyl halides is 6. The molecule has 4 rings (SSSR count). The van der Waals surface area contributed by atoms with Gasteiger partial charge in [-0.05, 0) is 55.3 Å². The maximum absolute atomic E-state index is 13.2. The van der Waals surface area contributed by atoms with E-state index in [2.05, 4.69) is 15.3 Å². The minimum absolute atomic E-state index is 0.114. The minimum atomic E-state index is -4.89. The van der Waals surface area contributed by atoms with E-state index in [1.54, 1.807) is 16.7 Å². The van der Waals surface area contributed by atoms with Gasteiger partial charge in [-0.15, -0.1) is 0 Å². The highest BCUT2D eigenvalue weighted by Crippen LogP contribution is 2.37. The number of hydrogen-bond acceptors (Lipinski definition) is 3. The van der Waals surface area contributed by atoms with Crippen LogP contribution in [0.5, 0.6) is 0 Å². The average Bonchev–Trinajstić information content (AvgIpc) is 3.28.